The summed E-state index contributed by atoms with van der Waals surface area (Å²) in [5.74, 6) is 0. The van der Waals surface area contributed by atoms with E-state index in [0.29, 0.717) is 10.6 Å². The summed E-state index contributed by atoms with van der Waals surface area (Å²) in [7, 11) is 3.96. The molecule has 0 spiro atoms. The molecule has 7 heteroatoms. The highest BCUT2D eigenvalue weighted by molar-refractivity contribution is 7.16. The van der Waals surface area contributed by atoms with Gasteiger partial charge in [0.05, 0.1) is 11.8 Å². The van der Waals surface area contributed by atoms with E-state index < -0.39 is 6.03 Å². The zero-order valence-corrected chi connectivity index (χ0v) is 15.7. The number of urea groups is 1. The Morgan fingerprint density at radius 3 is 2.69 bits per heavy atom. The third kappa shape index (κ3) is 4.03. The number of amides is 2. The summed E-state index contributed by atoms with van der Waals surface area (Å²) in [5, 5.41) is 16.8. The zero-order chi connectivity index (χ0) is 18.5. The van der Waals surface area contributed by atoms with Crippen molar-refractivity contribution >= 4 is 34.3 Å². The summed E-state index contributed by atoms with van der Waals surface area (Å²) >= 11 is 1.50. The number of nitrogens with zero attached hydrogens (tertiary/aromatic N) is 3. The molecule has 0 atom stereocenters. The molecule has 0 aliphatic heterocycles. The average Bonchev–Trinajstić information content (AvgIpc) is 2.99. The van der Waals surface area contributed by atoms with Crippen LogP contribution in [0.15, 0.2) is 29.4 Å². The number of hydrogen-bond acceptors (Lipinski definition) is 5. The first-order chi connectivity index (χ1) is 12.6. The molecule has 0 saturated carbocycles. The third-order valence-corrected chi connectivity index (χ3v) is 5.51. The van der Waals surface area contributed by atoms with Crippen LogP contribution in [-0.4, -0.2) is 26.3 Å². The van der Waals surface area contributed by atoms with Crippen LogP contribution in [0.1, 0.15) is 34.4 Å². The van der Waals surface area contributed by atoms with Gasteiger partial charge in [0.15, 0.2) is 0 Å². The van der Waals surface area contributed by atoms with Gasteiger partial charge in [-0.2, -0.15) is 10.4 Å². The van der Waals surface area contributed by atoms with Crippen molar-refractivity contribution in [2.45, 2.75) is 25.7 Å². The second-order valence-corrected chi connectivity index (χ2v) is 7.44. The Kier molecular flexibility index (Phi) is 5.54. The minimum Gasteiger partial charge on any atom is -0.378 e. The fourth-order valence-electron chi connectivity index (χ4n) is 2.93. The number of rotatable bonds is 4. The molecule has 0 fully saturated rings. The maximum absolute atomic E-state index is 12.1. The lowest BCUT2D eigenvalue weighted by Crippen LogP contribution is -2.24. The van der Waals surface area contributed by atoms with Gasteiger partial charge in [-0.1, -0.05) is 12.1 Å². The highest BCUT2D eigenvalue weighted by atomic mass is 32.1. The van der Waals surface area contributed by atoms with E-state index in [2.05, 4.69) is 21.9 Å². The van der Waals surface area contributed by atoms with Crippen molar-refractivity contribution in [2.75, 3.05) is 24.3 Å². The van der Waals surface area contributed by atoms with Crippen molar-refractivity contribution in [3.63, 3.8) is 0 Å². The Balaban J connectivity index is 1.61. The quantitative estimate of drug-likeness (QED) is 0.638. The summed E-state index contributed by atoms with van der Waals surface area (Å²) < 4.78 is 0. The van der Waals surface area contributed by atoms with Crippen molar-refractivity contribution < 1.29 is 4.79 Å². The Bertz CT molecular complexity index is 861. The number of benzene rings is 1. The Labute approximate surface area is 157 Å². The van der Waals surface area contributed by atoms with Crippen LogP contribution in [0.2, 0.25) is 0 Å². The number of hydrogen-bond donors (Lipinski definition) is 2. The molecule has 0 bridgehead atoms. The summed E-state index contributed by atoms with van der Waals surface area (Å²) in [4.78, 5) is 15.3. The molecule has 0 radical (unpaired) electrons. The minimum absolute atomic E-state index is 0.443. The number of nitrogens with one attached hydrogen (secondary N) is 2. The van der Waals surface area contributed by atoms with Crippen molar-refractivity contribution in [1.82, 2.24) is 5.43 Å². The predicted octanol–water partition coefficient (Wildman–Crippen LogP) is 3.72. The molecule has 2 N–H and O–H groups in total. The van der Waals surface area contributed by atoms with Gasteiger partial charge in [0, 0.05) is 24.7 Å². The summed E-state index contributed by atoms with van der Waals surface area (Å²) in [6.45, 7) is 0. The Hall–Kier alpha value is -2.85. The summed E-state index contributed by atoms with van der Waals surface area (Å²) in [6.07, 6.45) is 5.73. The van der Waals surface area contributed by atoms with E-state index in [0.717, 1.165) is 42.5 Å². The van der Waals surface area contributed by atoms with Crippen LogP contribution in [0.4, 0.5) is 15.5 Å². The molecule has 1 aliphatic carbocycles. The maximum Gasteiger partial charge on any atom is 0.340 e. The van der Waals surface area contributed by atoms with Crippen molar-refractivity contribution in [1.29, 1.82) is 5.26 Å². The van der Waals surface area contributed by atoms with Crippen LogP contribution in [-0.2, 0) is 12.8 Å². The second-order valence-electron chi connectivity index (χ2n) is 6.34. The molecule has 3 rings (SSSR count). The molecule has 1 aliphatic rings. The van der Waals surface area contributed by atoms with Gasteiger partial charge < -0.3 is 4.90 Å². The number of carbonyl (C=O) groups excluding carboxylic acids is 1. The molecule has 2 amide bonds. The van der Waals surface area contributed by atoms with E-state index in [4.69, 9.17) is 0 Å². The van der Waals surface area contributed by atoms with E-state index in [9.17, 15) is 10.1 Å². The van der Waals surface area contributed by atoms with Gasteiger partial charge in [0.1, 0.15) is 11.1 Å². The number of carbonyl (C=O) groups is 1. The first-order valence-corrected chi connectivity index (χ1v) is 9.32. The summed E-state index contributed by atoms with van der Waals surface area (Å²) in [6, 6.07) is 9.61. The van der Waals surface area contributed by atoms with Crippen molar-refractivity contribution in [2.24, 2.45) is 5.10 Å². The number of nitriles is 1. The Morgan fingerprint density at radius 1 is 1.27 bits per heavy atom. The SMILES string of the molecule is CN(C)c1ccc(/C=N/NC(=O)Nc2sc3c(c2C#N)CCCC3)cc1. The molecular formula is C19H21N5OS. The first-order valence-electron chi connectivity index (χ1n) is 8.50. The molecule has 1 heterocycles. The predicted molar refractivity (Wildman–Crippen MR) is 106 cm³/mol. The number of hydrazone groups is 1. The lowest BCUT2D eigenvalue weighted by molar-refractivity contribution is 0.252. The zero-order valence-electron chi connectivity index (χ0n) is 14.9. The average molecular weight is 367 g/mol. The van der Waals surface area contributed by atoms with Gasteiger partial charge in [-0.15, -0.1) is 11.3 Å². The lowest BCUT2D eigenvalue weighted by atomic mass is 9.96. The van der Waals surface area contributed by atoms with E-state index in [1.807, 2.05) is 43.3 Å². The fraction of sp³-hybridized carbons (Fsp3) is 0.316. The molecule has 134 valence electrons. The normalized spacial score (nSPS) is 13.1. The van der Waals surface area contributed by atoms with Crippen LogP contribution in [0.5, 0.6) is 0 Å². The molecule has 0 unspecified atom stereocenters. The van der Waals surface area contributed by atoms with Gasteiger partial charge in [0.25, 0.3) is 0 Å². The fourth-order valence-corrected chi connectivity index (χ4v) is 4.16. The second kappa shape index (κ2) is 8.02. The lowest BCUT2D eigenvalue weighted by Gasteiger charge is -2.11. The first kappa shape index (κ1) is 18.0. The van der Waals surface area contributed by atoms with Gasteiger partial charge in [-0.05, 0) is 48.9 Å². The monoisotopic (exact) mass is 367 g/mol. The van der Waals surface area contributed by atoms with Gasteiger partial charge in [0.2, 0.25) is 0 Å². The molecule has 1 aromatic heterocycles. The van der Waals surface area contributed by atoms with E-state index in [1.165, 1.54) is 16.2 Å². The number of anilines is 2. The van der Waals surface area contributed by atoms with Crippen molar-refractivity contribution in [3.8, 4) is 6.07 Å². The third-order valence-electron chi connectivity index (χ3n) is 4.30. The van der Waals surface area contributed by atoms with Gasteiger partial charge in [-0.25, -0.2) is 10.2 Å². The van der Waals surface area contributed by atoms with Gasteiger partial charge in [-0.3, -0.25) is 5.32 Å². The standard InChI is InChI=1S/C19H21N5OS/c1-24(2)14-9-7-13(8-10-14)12-21-23-19(25)22-18-16(11-20)15-5-3-4-6-17(15)26-18/h7-10,12H,3-6H2,1-2H3,(H2,22,23,25)/b21-12+. The Morgan fingerprint density at radius 2 is 2.00 bits per heavy atom. The molecular weight excluding hydrogens is 346 g/mol. The highest BCUT2D eigenvalue weighted by Gasteiger charge is 2.21. The molecule has 0 saturated heterocycles. The molecule has 6 nitrogen and oxygen atoms in total. The van der Waals surface area contributed by atoms with E-state index in [1.54, 1.807) is 6.21 Å². The van der Waals surface area contributed by atoms with Crippen LogP contribution >= 0.6 is 11.3 Å². The van der Waals surface area contributed by atoms with Gasteiger partial charge >= 0.3 is 6.03 Å². The van der Waals surface area contributed by atoms with Crippen LogP contribution in [0.25, 0.3) is 0 Å². The van der Waals surface area contributed by atoms with Crippen molar-refractivity contribution in [3.05, 3.63) is 45.8 Å². The highest BCUT2D eigenvalue weighted by Crippen LogP contribution is 2.37. The van der Waals surface area contributed by atoms with E-state index >= 15 is 0 Å². The number of thiophene rings is 1. The summed E-state index contributed by atoms with van der Waals surface area (Å²) in [5.41, 5.74) is 6.14. The smallest absolute Gasteiger partial charge is 0.340 e. The largest absolute Gasteiger partial charge is 0.378 e. The number of aryl methyl sites for hydroxylation is 1. The van der Waals surface area contributed by atoms with Crippen LogP contribution < -0.4 is 15.6 Å². The molecule has 2 aromatic rings. The van der Waals surface area contributed by atoms with E-state index in [-0.39, 0.29) is 0 Å². The maximum atomic E-state index is 12.1. The van der Waals surface area contributed by atoms with Crippen LogP contribution in [0, 0.1) is 11.3 Å². The molecule has 26 heavy (non-hydrogen) atoms. The number of fused-ring (bicyclic) bond motifs is 1. The molecule has 1 aromatic carbocycles. The minimum atomic E-state index is -0.443. The van der Waals surface area contributed by atoms with Crippen LogP contribution in [0.3, 0.4) is 0 Å². The topological polar surface area (TPSA) is 80.5 Å².